The molecule has 2 nitrogen and oxygen atoms in total. The topological polar surface area (TPSA) is 32.3 Å². The molecule has 1 heterocycles. The summed E-state index contributed by atoms with van der Waals surface area (Å²) in [7, 11) is 0. The highest BCUT2D eigenvalue weighted by Gasteiger charge is 2.23. The van der Waals surface area contributed by atoms with Crippen LogP contribution in [0.1, 0.15) is 44.9 Å². The molecule has 3 atom stereocenters. The summed E-state index contributed by atoms with van der Waals surface area (Å²) in [5.41, 5.74) is 0. The van der Waals surface area contributed by atoms with Gasteiger partial charge >= 0.3 is 0 Å². The molecule has 3 unspecified atom stereocenters. The molecule has 0 spiro atoms. The first-order chi connectivity index (χ1) is 6.84. The van der Waals surface area contributed by atoms with Crippen LogP contribution in [0.2, 0.25) is 0 Å². The predicted octanol–water partition coefficient (Wildman–Crippen LogP) is 1.93. The van der Waals surface area contributed by atoms with Crippen molar-refractivity contribution in [2.24, 2.45) is 11.8 Å². The summed E-state index contributed by atoms with van der Waals surface area (Å²) in [6.45, 7) is 2.43. The average Bonchev–Trinajstić information content (AvgIpc) is 2.19. The van der Waals surface area contributed by atoms with E-state index in [2.05, 4.69) is 5.32 Å². The molecule has 2 aliphatic rings. The maximum atomic E-state index is 9.59. The number of hydrogen-bond donors (Lipinski definition) is 2. The molecule has 2 rings (SSSR count). The lowest BCUT2D eigenvalue weighted by atomic mass is 9.79. The second kappa shape index (κ2) is 5.13. The van der Waals surface area contributed by atoms with Crippen molar-refractivity contribution in [2.75, 3.05) is 13.1 Å². The van der Waals surface area contributed by atoms with Gasteiger partial charge in [-0.15, -0.1) is 0 Å². The first-order valence-electron chi connectivity index (χ1n) is 6.23. The zero-order valence-corrected chi connectivity index (χ0v) is 9.04. The average molecular weight is 197 g/mol. The van der Waals surface area contributed by atoms with Crippen molar-refractivity contribution in [1.29, 1.82) is 0 Å². The molecule has 0 bridgehead atoms. The normalized spacial score (nSPS) is 39.6. The Labute approximate surface area is 87.1 Å². The Morgan fingerprint density at radius 1 is 1.07 bits per heavy atom. The van der Waals surface area contributed by atoms with Crippen LogP contribution in [-0.4, -0.2) is 24.3 Å². The van der Waals surface area contributed by atoms with Crippen LogP contribution in [0.4, 0.5) is 0 Å². The lowest BCUT2D eigenvalue weighted by molar-refractivity contribution is 0.0901. The fraction of sp³-hybridized carbons (Fsp3) is 1.00. The zero-order valence-electron chi connectivity index (χ0n) is 9.04. The van der Waals surface area contributed by atoms with Gasteiger partial charge in [-0.1, -0.05) is 12.8 Å². The second-order valence-corrected chi connectivity index (χ2v) is 5.13. The van der Waals surface area contributed by atoms with E-state index >= 15 is 0 Å². The zero-order chi connectivity index (χ0) is 9.80. The van der Waals surface area contributed by atoms with Crippen LogP contribution in [-0.2, 0) is 0 Å². The molecule has 2 N–H and O–H groups in total. The second-order valence-electron chi connectivity index (χ2n) is 5.13. The molecule has 1 aliphatic carbocycles. The van der Waals surface area contributed by atoms with E-state index in [1.54, 1.807) is 0 Å². The minimum atomic E-state index is 0.00491. The molecule has 1 saturated heterocycles. The lowest BCUT2D eigenvalue weighted by Gasteiger charge is -2.31. The molecular formula is C12H23NO. The van der Waals surface area contributed by atoms with Crippen LogP contribution in [0.3, 0.4) is 0 Å². The molecule has 1 aliphatic heterocycles. The van der Waals surface area contributed by atoms with E-state index < -0.39 is 0 Å². The molecule has 1 saturated carbocycles. The van der Waals surface area contributed by atoms with E-state index in [-0.39, 0.29) is 6.10 Å². The number of aliphatic hydroxyl groups excluding tert-OH is 1. The van der Waals surface area contributed by atoms with Gasteiger partial charge in [0.2, 0.25) is 0 Å². The summed E-state index contributed by atoms with van der Waals surface area (Å²) in [6, 6.07) is 0. The SMILES string of the molecule is OC1CCCC(CC2CCCNC2)C1. The van der Waals surface area contributed by atoms with E-state index in [0.29, 0.717) is 0 Å². The van der Waals surface area contributed by atoms with Gasteiger partial charge in [-0.3, -0.25) is 0 Å². The van der Waals surface area contributed by atoms with Crippen LogP contribution in [0.15, 0.2) is 0 Å². The molecular weight excluding hydrogens is 174 g/mol. The van der Waals surface area contributed by atoms with Crippen molar-refractivity contribution in [1.82, 2.24) is 5.32 Å². The Kier molecular flexibility index (Phi) is 3.82. The van der Waals surface area contributed by atoms with E-state index in [0.717, 1.165) is 24.7 Å². The first-order valence-corrected chi connectivity index (χ1v) is 6.23. The van der Waals surface area contributed by atoms with Crippen molar-refractivity contribution in [3.05, 3.63) is 0 Å². The van der Waals surface area contributed by atoms with Gasteiger partial charge in [0.1, 0.15) is 0 Å². The standard InChI is InChI=1S/C12H23NO/c14-12-5-1-3-10(8-12)7-11-4-2-6-13-9-11/h10-14H,1-9H2. The highest BCUT2D eigenvalue weighted by Crippen LogP contribution is 2.31. The number of hydrogen-bond acceptors (Lipinski definition) is 2. The number of nitrogens with one attached hydrogen (secondary N) is 1. The largest absolute Gasteiger partial charge is 0.393 e. The fourth-order valence-corrected chi connectivity index (χ4v) is 3.07. The molecule has 0 amide bonds. The lowest BCUT2D eigenvalue weighted by Crippen LogP contribution is -2.32. The Morgan fingerprint density at radius 3 is 2.64 bits per heavy atom. The maximum absolute atomic E-state index is 9.59. The first kappa shape index (κ1) is 10.4. The third-order valence-corrected chi connectivity index (χ3v) is 3.82. The van der Waals surface area contributed by atoms with Gasteiger partial charge in [0.15, 0.2) is 0 Å². The predicted molar refractivity (Wildman–Crippen MR) is 58.2 cm³/mol. The van der Waals surface area contributed by atoms with E-state index in [4.69, 9.17) is 0 Å². The molecule has 14 heavy (non-hydrogen) atoms. The monoisotopic (exact) mass is 197 g/mol. The minimum absolute atomic E-state index is 0.00491. The van der Waals surface area contributed by atoms with E-state index in [9.17, 15) is 5.11 Å². The Balaban J connectivity index is 1.72. The Hall–Kier alpha value is -0.0800. The smallest absolute Gasteiger partial charge is 0.0542 e. The molecule has 0 aromatic rings. The van der Waals surface area contributed by atoms with Crippen LogP contribution >= 0.6 is 0 Å². The maximum Gasteiger partial charge on any atom is 0.0542 e. The van der Waals surface area contributed by atoms with Crippen LogP contribution in [0.25, 0.3) is 0 Å². The third kappa shape index (κ3) is 2.96. The van der Waals surface area contributed by atoms with Gasteiger partial charge in [0.05, 0.1) is 6.10 Å². The van der Waals surface area contributed by atoms with Gasteiger partial charge < -0.3 is 10.4 Å². The molecule has 2 fully saturated rings. The van der Waals surface area contributed by atoms with E-state index in [1.165, 1.54) is 45.2 Å². The van der Waals surface area contributed by atoms with Crippen molar-refractivity contribution >= 4 is 0 Å². The van der Waals surface area contributed by atoms with Crippen molar-refractivity contribution < 1.29 is 5.11 Å². The summed E-state index contributed by atoms with van der Waals surface area (Å²) in [4.78, 5) is 0. The van der Waals surface area contributed by atoms with Gasteiger partial charge in [-0.05, 0) is 57.0 Å². The van der Waals surface area contributed by atoms with Crippen LogP contribution in [0, 0.1) is 11.8 Å². The summed E-state index contributed by atoms with van der Waals surface area (Å²) in [6.07, 6.45) is 8.81. The molecule has 0 aromatic heterocycles. The summed E-state index contributed by atoms with van der Waals surface area (Å²) >= 11 is 0. The number of piperidine rings is 1. The molecule has 2 heteroatoms. The van der Waals surface area contributed by atoms with Crippen molar-refractivity contribution in [2.45, 2.75) is 51.0 Å². The van der Waals surface area contributed by atoms with Crippen molar-refractivity contribution in [3.63, 3.8) is 0 Å². The van der Waals surface area contributed by atoms with Gasteiger partial charge in [-0.25, -0.2) is 0 Å². The molecule has 82 valence electrons. The number of aliphatic hydroxyl groups is 1. The molecule has 0 aromatic carbocycles. The highest BCUT2D eigenvalue weighted by atomic mass is 16.3. The summed E-state index contributed by atoms with van der Waals surface area (Å²) < 4.78 is 0. The van der Waals surface area contributed by atoms with Gasteiger partial charge in [-0.2, -0.15) is 0 Å². The third-order valence-electron chi connectivity index (χ3n) is 3.82. The van der Waals surface area contributed by atoms with Crippen molar-refractivity contribution in [3.8, 4) is 0 Å². The molecule has 0 radical (unpaired) electrons. The summed E-state index contributed by atoms with van der Waals surface area (Å²) in [5.74, 6) is 1.70. The van der Waals surface area contributed by atoms with Crippen LogP contribution < -0.4 is 5.32 Å². The number of rotatable bonds is 2. The highest BCUT2D eigenvalue weighted by molar-refractivity contribution is 4.77. The minimum Gasteiger partial charge on any atom is -0.393 e. The quantitative estimate of drug-likeness (QED) is 0.709. The Bertz CT molecular complexity index is 166. The van der Waals surface area contributed by atoms with Gasteiger partial charge in [0, 0.05) is 0 Å². The Morgan fingerprint density at radius 2 is 1.93 bits per heavy atom. The van der Waals surface area contributed by atoms with Gasteiger partial charge in [0.25, 0.3) is 0 Å². The summed E-state index contributed by atoms with van der Waals surface area (Å²) in [5, 5.41) is 13.1. The van der Waals surface area contributed by atoms with Crippen LogP contribution in [0.5, 0.6) is 0 Å². The van der Waals surface area contributed by atoms with E-state index in [1.807, 2.05) is 0 Å². The fourth-order valence-electron chi connectivity index (χ4n) is 3.07.